The molecule has 5 nitrogen and oxygen atoms in total. The molecule has 2 unspecified atom stereocenters. The molecule has 1 aliphatic heterocycles. The van der Waals surface area contributed by atoms with Gasteiger partial charge in [-0.3, -0.25) is 4.79 Å². The lowest BCUT2D eigenvalue weighted by molar-refractivity contribution is -0.217. The average molecular weight is 408 g/mol. The van der Waals surface area contributed by atoms with Crippen molar-refractivity contribution in [2.24, 2.45) is 5.92 Å². The zero-order valence-electron chi connectivity index (χ0n) is 12.8. The number of aliphatic carboxylic acids is 1. The SMILES string of the molecule is O=C(O)C1Cc2cc(Cl)c(Oc3ncccc3Cl)cc2OC1C(F)(F)F. The standard InChI is InChI=1S/C16H10Cl2F3NO4/c17-9-2-1-3-22-14(9)26-12-6-11-7(5-10(12)18)4-8(15(23)24)13(25-11)16(19,20)21/h1-3,5-6,8,13H,4H2,(H,23,24). The lowest BCUT2D eigenvalue weighted by Gasteiger charge is -2.32. The van der Waals surface area contributed by atoms with Crippen LogP contribution in [0.4, 0.5) is 13.2 Å². The highest BCUT2D eigenvalue weighted by atomic mass is 35.5. The number of rotatable bonds is 3. The molecule has 1 N–H and O–H groups in total. The first-order valence-corrected chi connectivity index (χ1v) is 7.99. The Morgan fingerprint density at radius 1 is 1.31 bits per heavy atom. The maximum Gasteiger partial charge on any atom is 0.426 e. The minimum absolute atomic E-state index is 0.0132. The Kier molecular flexibility index (Phi) is 4.90. The predicted molar refractivity (Wildman–Crippen MR) is 86.1 cm³/mol. The summed E-state index contributed by atoms with van der Waals surface area (Å²) in [5.74, 6) is -3.52. The van der Waals surface area contributed by atoms with Crippen LogP contribution in [0.15, 0.2) is 30.5 Å². The molecule has 2 aromatic rings. The minimum Gasteiger partial charge on any atom is -0.481 e. The third-order valence-electron chi connectivity index (χ3n) is 3.75. The van der Waals surface area contributed by atoms with Crippen molar-refractivity contribution in [2.45, 2.75) is 18.7 Å². The molecule has 3 rings (SSSR count). The van der Waals surface area contributed by atoms with Crippen LogP contribution in [0.1, 0.15) is 5.56 Å². The monoisotopic (exact) mass is 407 g/mol. The number of alkyl halides is 3. The molecular weight excluding hydrogens is 398 g/mol. The highest BCUT2D eigenvalue weighted by Crippen LogP contribution is 2.43. The van der Waals surface area contributed by atoms with E-state index in [0.717, 1.165) is 0 Å². The Morgan fingerprint density at radius 2 is 2.04 bits per heavy atom. The summed E-state index contributed by atoms with van der Waals surface area (Å²) in [7, 11) is 0. The number of carboxylic acid groups (broad SMARTS) is 1. The number of halogens is 5. The highest BCUT2D eigenvalue weighted by Gasteiger charge is 2.52. The van der Waals surface area contributed by atoms with E-state index in [1.807, 2.05) is 0 Å². The fourth-order valence-electron chi connectivity index (χ4n) is 2.55. The third kappa shape index (κ3) is 3.66. The second kappa shape index (κ2) is 6.85. The highest BCUT2D eigenvalue weighted by molar-refractivity contribution is 6.32. The van der Waals surface area contributed by atoms with Crippen molar-refractivity contribution < 1.29 is 32.5 Å². The number of nitrogens with zero attached hydrogens (tertiary/aromatic N) is 1. The van der Waals surface area contributed by atoms with Crippen molar-refractivity contribution in [1.29, 1.82) is 0 Å². The molecule has 26 heavy (non-hydrogen) atoms. The maximum atomic E-state index is 13.2. The lowest BCUT2D eigenvalue weighted by Crippen LogP contribution is -2.47. The van der Waals surface area contributed by atoms with Gasteiger partial charge in [-0.15, -0.1) is 0 Å². The molecule has 2 heterocycles. The molecule has 10 heteroatoms. The van der Waals surface area contributed by atoms with Gasteiger partial charge in [0.05, 0.1) is 5.02 Å². The molecule has 0 saturated carbocycles. The molecule has 0 aliphatic carbocycles. The van der Waals surface area contributed by atoms with Gasteiger partial charge >= 0.3 is 12.1 Å². The molecule has 0 saturated heterocycles. The number of ether oxygens (including phenoxy) is 2. The van der Waals surface area contributed by atoms with Gasteiger partial charge in [-0.1, -0.05) is 23.2 Å². The van der Waals surface area contributed by atoms with E-state index in [0.29, 0.717) is 0 Å². The van der Waals surface area contributed by atoms with Crippen molar-refractivity contribution in [3.63, 3.8) is 0 Å². The molecule has 138 valence electrons. The fraction of sp³-hybridized carbons (Fsp3) is 0.250. The first kappa shape index (κ1) is 18.6. The molecule has 1 aromatic carbocycles. The van der Waals surface area contributed by atoms with E-state index in [-0.39, 0.29) is 39.4 Å². The van der Waals surface area contributed by atoms with Crippen molar-refractivity contribution in [2.75, 3.05) is 0 Å². The number of fused-ring (bicyclic) bond motifs is 1. The largest absolute Gasteiger partial charge is 0.481 e. The third-order valence-corrected chi connectivity index (χ3v) is 4.33. The zero-order valence-corrected chi connectivity index (χ0v) is 14.3. The molecule has 0 radical (unpaired) electrons. The summed E-state index contributed by atoms with van der Waals surface area (Å²) in [6.45, 7) is 0. The Balaban J connectivity index is 1.97. The average Bonchev–Trinajstić information content (AvgIpc) is 2.55. The first-order valence-electron chi connectivity index (χ1n) is 7.24. The maximum absolute atomic E-state index is 13.2. The normalized spacial score (nSPS) is 19.4. The summed E-state index contributed by atoms with van der Waals surface area (Å²) in [4.78, 5) is 15.1. The van der Waals surface area contributed by atoms with Crippen LogP contribution in [0, 0.1) is 5.92 Å². The molecule has 2 atom stereocenters. The quantitative estimate of drug-likeness (QED) is 0.794. The lowest BCUT2D eigenvalue weighted by atomic mass is 9.90. The van der Waals surface area contributed by atoms with Gasteiger partial charge in [0.1, 0.15) is 16.7 Å². The van der Waals surface area contributed by atoms with Crippen LogP contribution in [0.25, 0.3) is 0 Å². The van der Waals surface area contributed by atoms with Crippen LogP contribution < -0.4 is 9.47 Å². The Labute approximate surface area is 155 Å². The number of carbonyl (C=O) groups is 1. The van der Waals surface area contributed by atoms with Crippen LogP contribution in [0.3, 0.4) is 0 Å². The van der Waals surface area contributed by atoms with E-state index in [1.54, 1.807) is 6.07 Å². The second-order valence-corrected chi connectivity index (χ2v) is 6.33. The topological polar surface area (TPSA) is 68.7 Å². The van der Waals surface area contributed by atoms with E-state index in [4.69, 9.17) is 37.8 Å². The predicted octanol–water partition coefficient (Wildman–Crippen LogP) is 4.75. The molecule has 0 bridgehead atoms. The van der Waals surface area contributed by atoms with Gasteiger partial charge in [0.25, 0.3) is 0 Å². The Bertz CT molecular complexity index is 860. The molecule has 1 aromatic heterocycles. The van der Waals surface area contributed by atoms with Gasteiger partial charge in [0, 0.05) is 12.3 Å². The van der Waals surface area contributed by atoms with E-state index in [2.05, 4.69) is 4.98 Å². The molecule has 0 spiro atoms. The van der Waals surface area contributed by atoms with Crippen molar-refractivity contribution in [3.8, 4) is 17.4 Å². The number of hydrogen-bond acceptors (Lipinski definition) is 4. The summed E-state index contributed by atoms with van der Waals surface area (Å²) < 4.78 is 49.8. The van der Waals surface area contributed by atoms with E-state index < -0.39 is 24.2 Å². The van der Waals surface area contributed by atoms with E-state index in [1.165, 1.54) is 24.4 Å². The number of aromatic nitrogens is 1. The van der Waals surface area contributed by atoms with Crippen LogP contribution in [0.5, 0.6) is 17.4 Å². The van der Waals surface area contributed by atoms with Gasteiger partial charge < -0.3 is 14.6 Å². The summed E-state index contributed by atoms with van der Waals surface area (Å²) in [5.41, 5.74) is 0.238. The molecule has 0 amide bonds. The fourth-order valence-corrected chi connectivity index (χ4v) is 2.93. The number of benzene rings is 1. The summed E-state index contributed by atoms with van der Waals surface area (Å²) in [6, 6.07) is 5.57. The van der Waals surface area contributed by atoms with Gasteiger partial charge in [-0.05, 0) is 30.2 Å². The number of hydrogen-bond donors (Lipinski definition) is 1. The van der Waals surface area contributed by atoms with Gasteiger partial charge in [-0.25, -0.2) is 4.98 Å². The number of pyridine rings is 1. The smallest absolute Gasteiger partial charge is 0.426 e. The molecule has 0 fully saturated rings. The second-order valence-electron chi connectivity index (χ2n) is 5.51. The van der Waals surface area contributed by atoms with Crippen LogP contribution in [0.2, 0.25) is 10.0 Å². The van der Waals surface area contributed by atoms with Gasteiger partial charge in [0.2, 0.25) is 12.0 Å². The van der Waals surface area contributed by atoms with Gasteiger partial charge in [0.15, 0.2) is 5.75 Å². The zero-order chi connectivity index (χ0) is 19.1. The Hall–Kier alpha value is -2.19. The Morgan fingerprint density at radius 3 is 2.65 bits per heavy atom. The van der Waals surface area contributed by atoms with Gasteiger partial charge in [-0.2, -0.15) is 13.2 Å². The van der Waals surface area contributed by atoms with Crippen LogP contribution >= 0.6 is 23.2 Å². The summed E-state index contributed by atoms with van der Waals surface area (Å²) >= 11 is 12.0. The molecule has 1 aliphatic rings. The molecular formula is C16H10Cl2F3NO4. The van der Waals surface area contributed by atoms with Crippen molar-refractivity contribution >= 4 is 29.2 Å². The van der Waals surface area contributed by atoms with Crippen molar-refractivity contribution in [3.05, 3.63) is 46.1 Å². The number of carboxylic acids is 1. The summed E-state index contributed by atoms with van der Waals surface area (Å²) in [6.07, 6.45) is -6.27. The first-order chi connectivity index (χ1) is 12.2. The van der Waals surface area contributed by atoms with E-state index >= 15 is 0 Å². The summed E-state index contributed by atoms with van der Waals surface area (Å²) in [5, 5.41) is 9.33. The van der Waals surface area contributed by atoms with Crippen LogP contribution in [-0.2, 0) is 11.2 Å². The van der Waals surface area contributed by atoms with Crippen molar-refractivity contribution in [1.82, 2.24) is 4.98 Å². The van der Waals surface area contributed by atoms with Crippen LogP contribution in [-0.4, -0.2) is 28.3 Å². The minimum atomic E-state index is -4.84. The van der Waals surface area contributed by atoms with E-state index in [9.17, 15) is 18.0 Å².